The summed E-state index contributed by atoms with van der Waals surface area (Å²) in [5.41, 5.74) is 1.01. The van der Waals surface area contributed by atoms with E-state index in [9.17, 15) is 9.59 Å². The maximum absolute atomic E-state index is 10.6. The van der Waals surface area contributed by atoms with E-state index in [0.717, 1.165) is 18.7 Å². The van der Waals surface area contributed by atoms with E-state index in [2.05, 4.69) is 15.4 Å². The highest BCUT2D eigenvalue weighted by atomic mass is 16.5. The molecule has 0 bridgehead atoms. The van der Waals surface area contributed by atoms with Gasteiger partial charge in [-0.3, -0.25) is 9.59 Å². The number of ether oxygens (including phenoxy) is 1. The van der Waals surface area contributed by atoms with Gasteiger partial charge in [0.1, 0.15) is 6.61 Å². The van der Waals surface area contributed by atoms with Crippen molar-refractivity contribution in [1.82, 2.24) is 10.6 Å². The molecule has 1 aliphatic rings. The number of benzene rings is 1. The van der Waals surface area contributed by atoms with Crippen molar-refractivity contribution in [2.24, 2.45) is 0 Å². The first kappa shape index (κ1) is 14.2. The third kappa shape index (κ3) is 5.45. The van der Waals surface area contributed by atoms with Crippen LogP contribution in [0, 0.1) is 0 Å². The van der Waals surface area contributed by atoms with Crippen molar-refractivity contribution in [2.75, 3.05) is 13.1 Å². The van der Waals surface area contributed by atoms with Crippen LogP contribution in [0.5, 0.6) is 0 Å². The molecule has 0 spiro atoms. The third-order valence-electron chi connectivity index (χ3n) is 2.43. The third-order valence-corrected chi connectivity index (χ3v) is 2.43. The van der Waals surface area contributed by atoms with Crippen molar-refractivity contribution < 1.29 is 14.3 Å². The number of carbonyl (C=O) groups excluding carboxylic acids is 2. The lowest BCUT2D eigenvalue weighted by molar-refractivity contribution is -0.129. The molecule has 1 amide bonds. The zero-order valence-electron chi connectivity index (χ0n) is 10.4. The predicted molar refractivity (Wildman–Crippen MR) is 67.8 cm³/mol. The monoisotopic (exact) mass is 250 g/mol. The molecule has 0 saturated carbocycles. The van der Waals surface area contributed by atoms with E-state index < -0.39 is 0 Å². The van der Waals surface area contributed by atoms with Gasteiger partial charge in [-0.25, -0.2) is 0 Å². The summed E-state index contributed by atoms with van der Waals surface area (Å²) in [6, 6.07) is 9.55. The number of rotatable bonds is 3. The number of piperazine rings is 1. The fourth-order valence-corrected chi connectivity index (χ4v) is 1.42. The molecule has 1 aliphatic heterocycles. The van der Waals surface area contributed by atoms with Crippen molar-refractivity contribution in [3.05, 3.63) is 35.9 Å². The lowest BCUT2D eigenvalue weighted by atomic mass is 10.2. The predicted octanol–water partition coefficient (Wildman–Crippen LogP) is 0.454. The Balaban J connectivity index is 0.000000184. The minimum atomic E-state index is 0.00347. The van der Waals surface area contributed by atoms with Gasteiger partial charge >= 0.3 is 0 Å². The molecule has 98 valence electrons. The van der Waals surface area contributed by atoms with Crippen LogP contribution in [0.4, 0.5) is 0 Å². The quantitative estimate of drug-likeness (QED) is 0.765. The molecular formula is C13H18N2O3. The van der Waals surface area contributed by atoms with Crippen LogP contribution in [-0.4, -0.2) is 31.5 Å². The van der Waals surface area contributed by atoms with Crippen LogP contribution in [0.3, 0.4) is 0 Å². The van der Waals surface area contributed by atoms with Crippen LogP contribution in [0.2, 0.25) is 0 Å². The molecule has 5 nitrogen and oxygen atoms in total. The Morgan fingerprint density at radius 2 is 2.06 bits per heavy atom. The number of hydrogen-bond acceptors (Lipinski definition) is 4. The summed E-state index contributed by atoms with van der Waals surface area (Å²) in [5.74, 6) is 0.108. The summed E-state index contributed by atoms with van der Waals surface area (Å²) >= 11 is 0. The molecule has 1 fully saturated rings. The van der Waals surface area contributed by atoms with Crippen molar-refractivity contribution in [3.63, 3.8) is 0 Å². The normalized spacial score (nSPS) is 18.1. The Kier molecular flexibility index (Phi) is 6.50. The van der Waals surface area contributed by atoms with E-state index in [1.165, 1.54) is 0 Å². The van der Waals surface area contributed by atoms with Crippen LogP contribution >= 0.6 is 0 Å². The van der Waals surface area contributed by atoms with Gasteiger partial charge < -0.3 is 15.4 Å². The largest absolute Gasteiger partial charge is 0.463 e. The van der Waals surface area contributed by atoms with Crippen molar-refractivity contribution in [3.8, 4) is 0 Å². The van der Waals surface area contributed by atoms with Gasteiger partial charge in [0.05, 0.1) is 6.04 Å². The minimum Gasteiger partial charge on any atom is -0.463 e. The van der Waals surface area contributed by atoms with Crippen LogP contribution in [-0.2, 0) is 20.9 Å². The van der Waals surface area contributed by atoms with Crippen LogP contribution in [0.15, 0.2) is 30.3 Å². The maximum Gasteiger partial charge on any atom is 0.293 e. The van der Waals surface area contributed by atoms with Gasteiger partial charge in [0, 0.05) is 13.1 Å². The molecular weight excluding hydrogens is 232 g/mol. The van der Waals surface area contributed by atoms with E-state index in [1.54, 1.807) is 0 Å². The van der Waals surface area contributed by atoms with Gasteiger partial charge in [-0.1, -0.05) is 30.3 Å². The van der Waals surface area contributed by atoms with Crippen LogP contribution in [0.25, 0.3) is 0 Å². The lowest BCUT2D eigenvalue weighted by Crippen LogP contribution is -2.51. The molecule has 1 aromatic carbocycles. The highest BCUT2D eigenvalue weighted by Gasteiger charge is 2.14. The van der Waals surface area contributed by atoms with Gasteiger partial charge in [-0.15, -0.1) is 0 Å². The SMILES string of the molecule is CC1NCCNC1=O.O=COCc1ccccc1. The number of nitrogens with one attached hydrogen (secondary N) is 2. The van der Waals surface area contributed by atoms with E-state index in [4.69, 9.17) is 0 Å². The fourth-order valence-electron chi connectivity index (χ4n) is 1.42. The number of amides is 1. The molecule has 0 radical (unpaired) electrons. The van der Waals surface area contributed by atoms with Gasteiger partial charge in [-0.05, 0) is 12.5 Å². The summed E-state index contributed by atoms with van der Waals surface area (Å²) in [6.07, 6.45) is 0. The summed E-state index contributed by atoms with van der Waals surface area (Å²) in [6.45, 7) is 4.34. The van der Waals surface area contributed by atoms with Crippen LogP contribution < -0.4 is 10.6 Å². The summed E-state index contributed by atoms with van der Waals surface area (Å²) in [7, 11) is 0. The highest BCUT2D eigenvalue weighted by molar-refractivity contribution is 5.81. The second-order valence-electron chi connectivity index (χ2n) is 3.86. The molecule has 2 rings (SSSR count). The standard InChI is InChI=1S/C8H8O2.C5H10N2O/c9-7-10-6-8-4-2-1-3-5-8;1-4-5(8)7-3-2-6-4/h1-5,7H,6H2;4,6H,2-3H2,1H3,(H,7,8). The molecule has 1 saturated heterocycles. The zero-order chi connectivity index (χ0) is 13.2. The minimum absolute atomic E-state index is 0.00347. The van der Waals surface area contributed by atoms with Gasteiger partial charge in [0.15, 0.2) is 0 Å². The molecule has 1 unspecified atom stereocenters. The average Bonchev–Trinajstić information content (AvgIpc) is 2.42. The van der Waals surface area contributed by atoms with E-state index in [-0.39, 0.29) is 11.9 Å². The molecule has 2 N–H and O–H groups in total. The Hall–Kier alpha value is -1.88. The molecule has 1 atom stereocenters. The smallest absolute Gasteiger partial charge is 0.293 e. The second kappa shape index (κ2) is 8.25. The lowest BCUT2D eigenvalue weighted by Gasteiger charge is -2.19. The first-order chi connectivity index (χ1) is 8.74. The Labute approximate surface area is 107 Å². The van der Waals surface area contributed by atoms with Crippen LogP contribution in [0.1, 0.15) is 12.5 Å². The Morgan fingerprint density at radius 3 is 2.56 bits per heavy atom. The van der Waals surface area contributed by atoms with Crippen molar-refractivity contribution >= 4 is 12.4 Å². The van der Waals surface area contributed by atoms with Gasteiger partial charge in [0.25, 0.3) is 6.47 Å². The summed E-state index contributed by atoms with van der Waals surface area (Å²) in [4.78, 5) is 20.4. The first-order valence-electron chi connectivity index (χ1n) is 5.84. The Bertz CT molecular complexity index is 368. The van der Waals surface area contributed by atoms with Crippen molar-refractivity contribution in [2.45, 2.75) is 19.6 Å². The maximum atomic E-state index is 10.6. The molecule has 18 heavy (non-hydrogen) atoms. The number of hydrogen-bond donors (Lipinski definition) is 2. The summed E-state index contributed by atoms with van der Waals surface area (Å²) < 4.78 is 4.54. The molecule has 1 aromatic rings. The van der Waals surface area contributed by atoms with Gasteiger partial charge in [0.2, 0.25) is 5.91 Å². The molecule has 0 aromatic heterocycles. The molecule has 0 aliphatic carbocycles. The average molecular weight is 250 g/mol. The summed E-state index contributed by atoms with van der Waals surface area (Å²) in [5, 5.41) is 5.75. The van der Waals surface area contributed by atoms with E-state index >= 15 is 0 Å². The van der Waals surface area contributed by atoms with Crippen molar-refractivity contribution in [1.29, 1.82) is 0 Å². The highest BCUT2D eigenvalue weighted by Crippen LogP contribution is 1.98. The second-order valence-corrected chi connectivity index (χ2v) is 3.86. The van der Waals surface area contributed by atoms with Gasteiger partial charge in [-0.2, -0.15) is 0 Å². The molecule has 5 heteroatoms. The zero-order valence-corrected chi connectivity index (χ0v) is 10.4. The van der Waals surface area contributed by atoms with E-state index in [0.29, 0.717) is 13.1 Å². The topological polar surface area (TPSA) is 67.4 Å². The fraction of sp³-hybridized carbons (Fsp3) is 0.385. The molecule has 1 heterocycles. The first-order valence-corrected chi connectivity index (χ1v) is 5.84. The van der Waals surface area contributed by atoms with E-state index in [1.807, 2.05) is 37.3 Å². The number of carbonyl (C=O) groups is 2. The Morgan fingerprint density at radius 1 is 1.33 bits per heavy atom.